The van der Waals surface area contributed by atoms with E-state index >= 15 is 0 Å². The van der Waals surface area contributed by atoms with Crippen LogP contribution in [0.25, 0.3) is 11.1 Å². The smallest absolute Gasteiger partial charge is 0.298 e. The van der Waals surface area contributed by atoms with Crippen molar-refractivity contribution >= 4 is 23.1 Å². The zero-order valence-corrected chi connectivity index (χ0v) is 13.1. The van der Waals surface area contributed by atoms with E-state index in [0.717, 1.165) is 26.2 Å². The lowest BCUT2D eigenvalue weighted by Crippen LogP contribution is -2.47. The van der Waals surface area contributed by atoms with Crippen molar-refractivity contribution < 1.29 is 13.5 Å². The van der Waals surface area contributed by atoms with Crippen LogP contribution in [0, 0.1) is 5.82 Å². The fourth-order valence-electron chi connectivity index (χ4n) is 2.70. The highest BCUT2D eigenvalue weighted by molar-refractivity contribution is 5.74. The van der Waals surface area contributed by atoms with Crippen molar-refractivity contribution in [1.82, 2.24) is 15.0 Å². The molecule has 1 fully saturated rings. The van der Waals surface area contributed by atoms with E-state index in [4.69, 9.17) is 9.15 Å². The summed E-state index contributed by atoms with van der Waals surface area (Å²) in [6, 6.07) is 4.88. The van der Waals surface area contributed by atoms with Crippen molar-refractivity contribution in [2.75, 3.05) is 43.1 Å². The Bertz CT molecular complexity index is 843. The van der Waals surface area contributed by atoms with Crippen LogP contribution in [0.15, 0.2) is 35.0 Å². The highest BCUT2D eigenvalue weighted by Crippen LogP contribution is 2.24. The summed E-state index contributed by atoms with van der Waals surface area (Å²) in [5, 5.41) is 0. The summed E-state index contributed by atoms with van der Waals surface area (Å²) >= 11 is 0. The standard InChI is InChI=1S/C16H16FN5O2/c1-23-12-9-18-15(19-10-12)21-4-6-22(7-5-21)16-20-13-3-2-11(17)8-14(13)24-16/h2-3,8-10H,4-7H2,1H3. The average molecular weight is 329 g/mol. The normalized spacial score (nSPS) is 15.1. The van der Waals surface area contributed by atoms with E-state index in [1.165, 1.54) is 12.1 Å². The number of anilines is 2. The minimum absolute atomic E-state index is 0.327. The van der Waals surface area contributed by atoms with Crippen LogP contribution < -0.4 is 14.5 Å². The fourth-order valence-corrected chi connectivity index (χ4v) is 2.70. The Balaban J connectivity index is 1.46. The second-order valence-electron chi connectivity index (χ2n) is 5.51. The first-order valence-electron chi connectivity index (χ1n) is 7.65. The summed E-state index contributed by atoms with van der Waals surface area (Å²) in [5.41, 5.74) is 1.12. The average Bonchev–Trinajstić information content (AvgIpc) is 3.05. The number of methoxy groups -OCH3 is 1. The Kier molecular flexibility index (Phi) is 3.64. The van der Waals surface area contributed by atoms with Crippen LogP contribution in [-0.4, -0.2) is 48.2 Å². The Morgan fingerprint density at radius 2 is 1.79 bits per heavy atom. The van der Waals surface area contributed by atoms with Gasteiger partial charge >= 0.3 is 0 Å². The van der Waals surface area contributed by atoms with Gasteiger partial charge in [0.15, 0.2) is 11.3 Å². The van der Waals surface area contributed by atoms with E-state index in [9.17, 15) is 4.39 Å². The molecule has 0 atom stereocenters. The largest absolute Gasteiger partial charge is 0.494 e. The van der Waals surface area contributed by atoms with Gasteiger partial charge in [0.1, 0.15) is 11.3 Å². The number of hydrogen-bond donors (Lipinski definition) is 0. The lowest BCUT2D eigenvalue weighted by atomic mass is 10.3. The van der Waals surface area contributed by atoms with E-state index in [0.29, 0.717) is 28.8 Å². The summed E-state index contributed by atoms with van der Waals surface area (Å²) in [5.74, 6) is 0.984. The summed E-state index contributed by atoms with van der Waals surface area (Å²) < 4.78 is 24.0. The maximum Gasteiger partial charge on any atom is 0.298 e. The van der Waals surface area contributed by atoms with E-state index < -0.39 is 0 Å². The molecule has 0 aliphatic carbocycles. The zero-order chi connectivity index (χ0) is 16.5. The SMILES string of the molecule is COc1cnc(N2CCN(c3nc4ccc(F)cc4o3)CC2)nc1. The minimum atomic E-state index is -0.327. The van der Waals surface area contributed by atoms with Gasteiger partial charge in [-0.05, 0) is 12.1 Å². The number of halogens is 1. The molecule has 1 aromatic carbocycles. The zero-order valence-electron chi connectivity index (χ0n) is 13.1. The van der Waals surface area contributed by atoms with Gasteiger partial charge in [0, 0.05) is 32.2 Å². The molecule has 3 aromatic rings. The van der Waals surface area contributed by atoms with Crippen molar-refractivity contribution in [3.05, 3.63) is 36.4 Å². The van der Waals surface area contributed by atoms with Gasteiger partial charge in [0.05, 0.1) is 19.5 Å². The fraction of sp³-hybridized carbons (Fsp3) is 0.312. The lowest BCUT2D eigenvalue weighted by molar-refractivity contribution is 0.410. The van der Waals surface area contributed by atoms with Crippen LogP contribution >= 0.6 is 0 Å². The van der Waals surface area contributed by atoms with Crippen LogP contribution in [-0.2, 0) is 0 Å². The van der Waals surface area contributed by atoms with Crippen molar-refractivity contribution in [3.8, 4) is 5.75 Å². The molecule has 0 radical (unpaired) electrons. The Hall–Kier alpha value is -2.90. The summed E-state index contributed by atoms with van der Waals surface area (Å²) in [7, 11) is 1.59. The molecule has 0 amide bonds. The van der Waals surface area contributed by atoms with Gasteiger partial charge in [-0.1, -0.05) is 0 Å². The van der Waals surface area contributed by atoms with Gasteiger partial charge in [0.2, 0.25) is 5.95 Å². The molecule has 24 heavy (non-hydrogen) atoms. The molecule has 1 saturated heterocycles. The molecule has 1 aliphatic heterocycles. The molecule has 0 unspecified atom stereocenters. The molecule has 8 heteroatoms. The third-order valence-electron chi connectivity index (χ3n) is 4.02. The van der Waals surface area contributed by atoms with Crippen LogP contribution in [0.5, 0.6) is 5.75 Å². The molecule has 124 valence electrons. The number of ether oxygens (including phenoxy) is 1. The summed E-state index contributed by atoms with van der Waals surface area (Å²) in [4.78, 5) is 17.2. The number of piperazine rings is 1. The molecule has 0 bridgehead atoms. The van der Waals surface area contributed by atoms with Gasteiger partial charge < -0.3 is 19.0 Å². The van der Waals surface area contributed by atoms with Crippen molar-refractivity contribution in [2.24, 2.45) is 0 Å². The predicted octanol–water partition coefficient (Wildman–Crippen LogP) is 2.09. The highest BCUT2D eigenvalue weighted by Gasteiger charge is 2.22. The number of nitrogens with zero attached hydrogens (tertiary/aromatic N) is 5. The number of hydrogen-bond acceptors (Lipinski definition) is 7. The van der Waals surface area contributed by atoms with Gasteiger partial charge in [0.25, 0.3) is 6.01 Å². The molecule has 3 heterocycles. The van der Waals surface area contributed by atoms with Crippen LogP contribution in [0.2, 0.25) is 0 Å². The first kappa shape index (κ1) is 14.7. The summed E-state index contributed by atoms with van der Waals surface area (Å²) in [6.07, 6.45) is 3.31. The number of rotatable bonds is 3. The van der Waals surface area contributed by atoms with Gasteiger partial charge in [-0.2, -0.15) is 4.98 Å². The molecule has 2 aromatic heterocycles. The molecule has 4 rings (SSSR count). The highest BCUT2D eigenvalue weighted by atomic mass is 19.1. The molecule has 0 spiro atoms. The molecule has 7 nitrogen and oxygen atoms in total. The van der Waals surface area contributed by atoms with Crippen molar-refractivity contribution in [1.29, 1.82) is 0 Å². The third-order valence-corrected chi connectivity index (χ3v) is 4.02. The number of oxazole rings is 1. The predicted molar refractivity (Wildman–Crippen MR) is 87.0 cm³/mol. The lowest BCUT2D eigenvalue weighted by Gasteiger charge is -2.33. The molecular weight excluding hydrogens is 313 g/mol. The first-order valence-corrected chi connectivity index (χ1v) is 7.65. The van der Waals surface area contributed by atoms with Gasteiger partial charge in [-0.15, -0.1) is 0 Å². The summed E-state index contributed by atoms with van der Waals surface area (Å²) in [6.45, 7) is 2.95. The van der Waals surface area contributed by atoms with E-state index in [2.05, 4.69) is 19.9 Å². The number of fused-ring (bicyclic) bond motifs is 1. The maximum absolute atomic E-state index is 13.3. The minimum Gasteiger partial charge on any atom is -0.494 e. The van der Waals surface area contributed by atoms with Crippen LogP contribution in [0.3, 0.4) is 0 Å². The molecular formula is C16H16FN5O2. The van der Waals surface area contributed by atoms with Crippen LogP contribution in [0.1, 0.15) is 0 Å². The second-order valence-corrected chi connectivity index (χ2v) is 5.51. The maximum atomic E-state index is 13.3. The van der Waals surface area contributed by atoms with Crippen LogP contribution in [0.4, 0.5) is 16.4 Å². The van der Waals surface area contributed by atoms with Gasteiger partial charge in [-0.3, -0.25) is 0 Å². The number of aromatic nitrogens is 3. The monoisotopic (exact) mass is 329 g/mol. The Morgan fingerprint density at radius 3 is 2.50 bits per heavy atom. The third kappa shape index (κ3) is 2.70. The first-order chi connectivity index (χ1) is 11.7. The van der Waals surface area contributed by atoms with Crippen molar-refractivity contribution in [2.45, 2.75) is 0 Å². The molecule has 1 aliphatic rings. The number of benzene rings is 1. The van der Waals surface area contributed by atoms with E-state index in [-0.39, 0.29) is 5.82 Å². The Labute approximate surface area is 137 Å². The van der Waals surface area contributed by atoms with E-state index in [1.54, 1.807) is 25.6 Å². The van der Waals surface area contributed by atoms with Crippen molar-refractivity contribution in [3.63, 3.8) is 0 Å². The molecule has 0 saturated carbocycles. The Morgan fingerprint density at radius 1 is 1.08 bits per heavy atom. The second kappa shape index (κ2) is 5.95. The molecule has 0 N–H and O–H groups in total. The topological polar surface area (TPSA) is 67.5 Å². The quantitative estimate of drug-likeness (QED) is 0.729. The van der Waals surface area contributed by atoms with Gasteiger partial charge in [-0.25, -0.2) is 14.4 Å². The van der Waals surface area contributed by atoms with E-state index in [1.807, 2.05) is 4.90 Å².